The van der Waals surface area contributed by atoms with Gasteiger partial charge in [-0.1, -0.05) is 24.3 Å². The lowest BCUT2D eigenvalue weighted by atomic mass is 10.1. The van der Waals surface area contributed by atoms with E-state index in [0.717, 1.165) is 5.69 Å². The fraction of sp³-hybridized carbons (Fsp3) is 0.0588. The first-order valence-corrected chi connectivity index (χ1v) is 7.68. The van der Waals surface area contributed by atoms with E-state index in [1.54, 1.807) is 5.38 Å². The molecule has 0 radical (unpaired) electrons. The van der Waals surface area contributed by atoms with Gasteiger partial charge in [0.2, 0.25) is 0 Å². The van der Waals surface area contributed by atoms with Crippen LogP contribution in [0.25, 0.3) is 11.3 Å². The van der Waals surface area contributed by atoms with Crippen LogP contribution in [0.5, 0.6) is 0 Å². The van der Waals surface area contributed by atoms with Crippen molar-refractivity contribution in [2.24, 2.45) is 0 Å². The maximum absolute atomic E-state index is 13.8. The second-order valence-corrected chi connectivity index (χ2v) is 5.69. The van der Waals surface area contributed by atoms with E-state index in [2.05, 4.69) is 11.2 Å². The van der Waals surface area contributed by atoms with Gasteiger partial charge in [0.15, 0.2) is 6.19 Å². The van der Waals surface area contributed by atoms with E-state index in [1.165, 1.54) is 34.4 Å². The SMILES string of the molecule is N#CN(Cc1nc(-c2c(F)cccc2F)cs1)c1ccccc1. The van der Waals surface area contributed by atoms with Crippen LogP contribution in [0.1, 0.15) is 5.01 Å². The van der Waals surface area contributed by atoms with Crippen LogP contribution in [-0.4, -0.2) is 4.98 Å². The molecule has 0 unspecified atom stereocenters. The van der Waals surface area contributed by atoms with E-state index in [9.17, 15) is 14.0 Å². The lowest BCUT2D eigenvalue weighted by molar-refractivity contribution is 0.589. The minimum Gasteiger partial charge on any atom is -0.273 e. The molecule has 3 aromatic rings. The van der Waals surface area contributed by atoms with Gasteiger partial charge in [-0.2, -0.15) is 5.26 Å². The third-order valence-corrected chi connectivity index (χ3v) is 4.09. The van der Waals surface area contributed by atoms with E-state index in [-0.39, 0.29) is 17.8 Å². The van der Waals surface area contributed by atoms with Crippen molar-refractivity contribution in [3.8, 4) is 17.5 Å². The number of thiazole rings is 1. The zero-order valence-electron chi connectivity index (χ0n) is 11.9. The molecule has 23 heavy (non-hydrogen) atoms. The normalized spacial score (nSPS) is 10.3. The molecular formula is C17H11F2N3S. The Labute approximate surface area is 136 Å². The molecule has 0 aliphatic heterocycles. The first-order valence-electron chi connectivity index (χ1n) is 6.80. The summed E-state index contributed by atoms with van der Waals surface area (Å²) >= 11 is 1.26. The molecule has 0 fully saturated rings. The molecule has 0 atom stereocenters. The number of hydrogen-bond donors (Lipinski definition) is 0. The number of aromatic nitrogens is 1. The van der Waals surface area contributed by atoms with Crippen LogP contribution in [-0.2, 0) is 6.54 Å². The predicted molar refractivity (Wildman–Crippen MR) is 85.7 cm³/mol. The Hall–Kier alpha value is -2.78. The molecule has 3 rings (SSSR count). The third-order valence-electron chi connectivity index (χ3n) is 3.25. The maximum Gasteiger partial charge on any atom is 0.184 e. The van der Waals surface area contributed by atoms with Gasteiger partial charge in [0, 0.05) is 5.38 Å². The van der Waals surface area contributed by atoms with Crippen LogP contribution in [0.2, 0.25) is 0 Å². The van der Waals surface area contributed by atoms with Crippen molar-refractivity contribution in [3.63, 3.8) is 0 Å². The van der Waals surface area contributed by atoms with Crippen molar-refractivity contribution in [2.45, 2.75) is 6.54 Å². The number of anilines is 1. The molecule has 0 saturated carbocycles. The quantitative estimate of drug-likeness (QED) is 0.520. The Morgan fingerprint density at radius 1 is 1.04 bits per heavy atom. The Morgan fingerprint density at radius 3 is 2.39 bits per heavy atom. The summed E-state index contributed by atoms with van der Waals surface area (Å²) < 4.78 is 27.6. The van der Waals surface area contributed by atoms with E-state index in [4.69, 9.17) is 0 Å². The van der Waals surface area contributed by atoms with E-state index in [0.29, 0.717) is 5.01 Å². The van der Waals surface area contributed by atoms with Gasteiger partial charge in [-0.25, -0.2) is 13.8 Å². The van der Waals surface area contributed by atoms with Gasteiger partial charge < -0.3 is 0 Å². The smallest absolute Gasteiger partial charge is 0.184 e. The number of hydrogen-bond acceptors (Lipinski definition) is 4. The molecule has 0 amide bonds. The van der Waals surface area contributed by atoms with Crippen LogP contribution < -0.4 is 4.90 Å². The molecule has 0 N–H and O–H groups in total. The standard InChI is InChI=1S/C17H11F2N3S/c18-13-7-4-8-14(19)17(13)15-10-23-16(21-15)9-22(11-20)12-5-2-1-3-6-12/h1-8,10H,9H2. The second-order valence-electron chi connectivity index (χ2n) is 4.74. The van der Waals surface area contributed by atoms with Crippen LogP contribution >= 0.6 is 11.3 Å². The summed E-state index contributed by atoms with van der Waals surface area (Å²) in [5.74, 6) is -1.30. The predicted octanol–water partition coefficient (Wildman–Crippen LogP) is 4.58. The van der Waals surface area contributed by atoms with Crippen LogP contribution in [0.15, 0.2) is 53.9 Å². The molecule has 0 aliphatic rings. The summed E-state index contributed by atoms with van der Waals surface area (Å²) in [4.78, 5) is 5.73. The molecule has 0 aliphatic carbocycles. The summed E-state index contributed by atoms with van der Waals surface area (Å²) in [5.41, 5.74) is 0.841. The van der Waals surface area contributed by atoms with Gasteiger partial charge in [-0.3, -0.25) is 4.90 Å². The number of benzene rings is 2. The minimum atomic E-state index is -0.651. The van der Waals surface area contributed by atoms with Gasteiger partial charge in [0.05, 0.1) is 23.5 Å². The number of nitrogens with zero attached hydrogens (tertiary/aromatic N) is 3. The highest BCUT2D eigenvalue weighted by atomic mass is 32.1. The van der Waals surface area contributed by atoms with Crippen molar-refractivity contribution in [3.05, 3.63) is 70.6 Å². The number of rotatable bonds is 4. The highest BCUT2D eigenvalue weighted by Crippen LogP contribution is 2.28. The lowest BCUT2D eigenvalue weighted by Gasteiger charge is -2.13. The molecule has 6 heteroatoms. The summed E-state index contributed by atoms with van der Waals surface area (Å²) in [6.45, 7) is 0.251. The van der Waals surface area contributed by atoms with E-state index in [1.807, 2.05) is 30.3 Å². The van der Waals surface area contributed by atoms with Gasteiger partial charge in [-0.05, 0) is 24.3 Å². The van der Waals surface area contributed by atoms with Gasteiger partial charge in [0.25, 0.3) is 0 Å². The van der Waals surface area contributed by atoms with Crippen molar-refractivity contribution in [1.29, 1.82) is 5.26 Å². The third kappa shape index (κ3) is 3.20. The van der Waals surface area contributed by atoms with Gasteiger partial charge >= 0.3 is 0 Å². The largest absolute Gasteiger partial charge is 0.273 e. The average molecular weight is 327 g/mol. The van der Waals surface area contributed by atoms with Crippen molar-refractivity contribution < 1.29 is 8.78 Å². The van der Waals surface area contributed by atoms with Gasteiger partial charge in [0.1, 0.15) is 16.6 Å². The van der Waals surface area contributed by atoms with Crippen molar-refractivity contribution in [2.75, 3.05) is 4.90 Å². The maximum atomic E-state index is 13.8. The van der Waals surface area contributed by atoms with Crippen molar-refractivity contribution in [1.82, 2.24) is 4.98 Å². The molecule has 1 aromatic heterocycles. The zero-order chi connectivity index (χ0) is 16.2. The van der Waals surface area contributed by atoms with Crippen molar-refractivity contribution >= 4 is 17.0 Å². The Balaban J connectivity index is 1.87. The topological polar surface area (TPSA) is 39.9 Å². The van der Waals surface area contributed by atoms with Crippen LogP contribution in [0.4, 0.5) is 14.5 Å². The molecule has 114 valence electrons. The van der Waals surface area contributed by atoms with E-state index < -0.39 is 11.6 Å². The molecule has 1 heterocycles. The Bertz CT molecular complexity index is 836. The zero-order valence-corrected chi connectivity index (χ0v) is 12.7. The molecule has 0 bridgehead atoms. The number of nitriles is 1. The monoisotopic (exact) mass is 327 g/mol. The summed E-state index contributed by atoms with van der Waals surface area (Å²) in [6.07, 6.45) is 2.09. The molecular weight excluding hydrogens is 316 g/mol. The Morgan fingerprint density at radius 2 is 1.74 bits per heavy atom. The first-order chi connectivity index (χ1) is 11.2. The first kappa shape index (κ1) is 15.1. The Kier molecular flexibility index (Phi) is 4.31. The average Bonchev–Trinajstić information content (AvgIpc) is 3.01. The molecule has 2 aromatic carbocycles. The summed E-state index contributed by atoms with van der Waals surface area (Å²) in [7, 11) is 0. The highest BCUT2D eigenvalue weighted by molar-refractivity contribution is 7.10. The molecule has 3 nitrogen and oxygen atoms in total. The fourth-order valence-electron chi connectivity index (χ4n) is 2.17. The molecule has 0 spiro atoms. The summed E-state index contributed by atoms with van der Waals surface area (Å²) in [5, 5.41) is 11.5. The minimum absolute atomic E-state index is 0.141. The number of halogens is 2. The highest BCUT2D eigenvalue weighted by Gasteiger charge is 2.15. The second kappa shape index (κ2) is 6.55. The van der Waals surface area contributed by atoms with Crippen LogP contribution in [0.3, 0.4) is 0 Å². The molecule has 0 saturated heterocycles. The summed E-state index contributed by atoms with van der Waals surface area (Å²) in [6, 6.07) is 12.9. The lowest BCUT2D eigenvalue weighted by Crippen LogP contribution is -2.15. The number of para-hydroxylation sites is 1. The van der Waals surface area contributed by atoms with Gasteiger partial charge in [-0.15, -0.1) is 11.3 Å². The van der Waals surface area contributed by atoms with Crippen LogP contribution in [0, 0.1) is 23.1 Å². The fourth-order valence-corrected chi connectivity index (χ4v) is 2.94. The van der Waals surface area contributed by atoms with E-state index >= 15 is 0 Å².